The number of amides is 1. The number of hydrogen-bond acceptors (Lipinski definition) is 9. The Morgan fingerprint density at radius 3 is 2.54 bits per heavy atom. The summed E-state index contributed by atoms with van der Waals surface area (Å²) in [5.41, 5.74) is 3.04. The average Bonchev–Trinajstić information content (AvgIpc) is 3.06. The molecule has 0 N–H and O–H groups in total. The number of fused-ring (bicyclic) bond motifs is 1. The van der Waals surface area contributed by atoms with Gasteiger partial charge < -0.3 is 19.3 Å². The molecule has 2 aromatic heterocycles. The molecular weight excluding hydrogens is 702 g/mol. The van der Waals surface area contributed by atoms with Crippen LogP contribution in [0.1, 0.15) is 66.8 Å². The third-order valence-electron chi connectivity index (χ3n) is 10.1. The fourth-order valence-electron chi connectivity index (χ4n) is 7.51. The van der Waals surface area contributed by atoms with Crippen molar-refractivity contribution in [2.45, 2.75) is 70.9 Å². The lowest BCUT2D eigenvalue weighted by molar-refractivity contribution is -0.143. The quantitative estimate of drug-likeness (QED) is 0.154. The van der Waals surface area contributed by atoms with Crippen LogP contribution in [-0.4, -0.2) is 80.4 Å². The van der Waals surface area contributed by atoms with Crippen molar-refractivity contribution >= 4 is 23.3 Å². The predicted octanol–water partition coefficient (Wildman–Crippen LogP) is 7.43. The predicted molar refractivity (Wildman–Crippen MR) is 185 cm³/mol. The molecule has 0 bridgehead atoms. The van der Waals surface area contributed by atoms with Gasteiger partial charge in [0.15, 0.2) is 5.82 Å². The first-order chi connectivity index (χ1) is 24.8. The number of ether oxygens (including phenoxy) is 2. The fourth-order valence-corrected chi connectivity index (χ4v) is 7.62. The molecule has 1 saturated heterocycles. The lowest BCUT2D eigenvalue weighted by atomic mass is 9.61. The summed E-state index contributed by atoms with van der Waals surface area (Å²) in [4.78, 5) is 27.3. The molecule has 4 aromatic rings. The first-order valence-electron chi connectivity index (χ1n) is 17.2. The standard InChI is InChI=1S/C37H38ClF4N7O3/c1-22(2)49(21-37(40,41)42)34(50)27-15-25(39)9-10-29(27)52-33-32(44-35(38)46-45-33)48-19-36(20-48)16-26(17-36)51-30-11-13-43-28-12-14-47(23(3)31(28)30)18-24-7-5-4-6-8-24/h4-11,13,15,22-23,26H,12,14,16-21H2,1-3H3. The molecule has 0 radical (unpaired) electrons. The molecule has 4 heterocycles. The van der Waals surface area contributed by atoms with Crippen molar-refractivity contribution in [2.75, 3.05) is 31.1 Å². The van der Waals surface area contributed by atoms with Gasteiger partial charge >= 0.3 is 6.18 Å². The number of aromatic nitrogens is 4. The highest BCUT2D eigenvalue weighted by molar-refractivity contribution is 6.28. The molecule has 1 aliphatic carbocycles. The van der Waals surface area contributed by atoms with Crippen molar-refractivity contribution < 1.29 is 31.8 Å². The van der Waals surface area contributed by atoms with Gasteiger partial charge in [0, 0.05) is 61.9 Å². The molecule has 1 unspecified atom stereocenters. The zero-order chi connectivity index (χ0) is 36.8. The maximum atomic E-state index is 14.3. The summed E-state index contributed by atoms with van der Waals surface area (Å²) in [6, 6.07) is 14.7. The van der Waals surface area contributed by atoms with Gasteiger partial charge in [0.25, 0.3) is 11.8 Å². The van der Waals surface area contributed by atoms with E-state index >= 15 is 0 Å². The maximum Gasteiger partial charge on any atom is 0.406 e. The van der Waals surface area contributed by atoms with Gasteiger partial charge in [0.2, 0.25) is 5.28 Å². The van der Waals surface area contributed by atoms with Crippen molar-refractivity contribution in [3.63, 3.8) is 0 Å². The molecule has 3 aliphatic rings. The second-order valence-corrected chi connectivity index (χ2v) is 14.5. The molecule has 15 heteroatoms. The number of hydrogen-bond donors (Lipinski definition) is 0. The van der Waals surface area contributed by atoms with Gasteiger partial charge in [-0.3, -0.25) is 14.7 Å². The van der Waals surface area contributed by atoms with Gasteiger partial charge in [-0.2, -0.15) is 18.2 Å². The van der Waals surface area contributed by atoms with E-state index in [0.29, 0.717) is 18.0 Å². The van der Waals surface area contributed by atoms with Crippen molar-refractivity contribution in [2.24, 2.45) is 5.41 Å². The summed E-state index contributed by atoms with van der Waals surface area (Å²) in [5.74, 6) is -1.05. The van der Waals surface area contributed by atoms with Crippen LogP contribution in [-0.2, 0) is 13.0 Å². The molecule has 274 valence electrons. The highest BCUT2D eigenvalue weighted by atomic mass is 35.5. The molecule has 1 amide bonds. The van der Waals surface area contributed by atoms with Gasteiger partial charge in [-0.1, -0.05) is 30.3 Å². The third kappa shape index (κ3) is 7.49. The molecule has 1 atom stereocenters. The number of carbonyl (C=O) groups is 1. The van der Waals surface area contributed by atoms with Crippen molar-refractivity contribution in [3.05, 3.63) is 94.3 Å². The van der Waals surface area contributed by atoms with E-state index in [4.69, 9.17) is 21.1 Å². The molecule has 2 fully saturated rings. The maximum absolute atomic E-state index is 14.3. The summed E-state index contributed by atoms with van der Waals surface area (Å²) in [6.07, 6.45) is -0.354. The second-order valence-electron chi connectivity index (χ2n) is 14.1. The minimum atomic E-state index is -4.66. The van der Waals surface area contributed by atoms with E-state index in [1.54, 1.807) is 0 Å². The molecule has 1 spiro atoms. The number of alkyl halides is 3. The Hall–Kier alpha value is -4.56. The third-order valence-corrected chi connectivity index (χ3v) is 10.2. The van der Waals surface area contributed by atoms with Gasteiger partial charge in [-0.25, -0.2) is 4.39 Å². The highest BCUT2D eigenvalue weighted by Crippen LogP contribution is 2.52. The molecule has 52 heavy (non-hydrogen) atoms. The number of halogens is 5. The summed E-state index contributed by atoms with van der Waals surface area (Å²) in [6.45, 7) is 6.53. The first kappa shape index (κ1) is 35.8. The molecular formula is C37H38ClF4N7O3. The van der Waals surface area contributed by atoms with E-state index in [-0.39, 0.29) is 40.3 Å². The smallest absolute Gasteiger partial charge is 0.406 e. The monoisotopic (exact) mass is 739 g/mol. The lowest BCUT2D eigenvalue weighted by Crippen LogP contribution is -2.65. The van der Waals surface area contributed by atoms with E-state index in [2.05, 4.69) is 56.3 Å². The van der Waals surface area contributed by atoms with E-state index < -0.39 is 36.1 Å². The zero-order valence-electron chi connectivity index (χ0n) is 28.9. The van der Waals surface area contributed by atoms with Crippen molar-refractivity contribution in [3.8, 4) is 17.4 Å². The zero-order valence-corrected chi connectivity index (χ0v) is 29.7. The van der Waals surface area contributed by atoms with Crippen LogP contribution in [0.5, 0.6) is 17.4 Å². The van der Waals surface area contributed by atoms with Crippen LogP contribution in [0.15, 0.2) is 60.8 Å². The van der Waals surface area contributed by atoms with Crippen LogP contribution in [0, 0.1) is 11.2 Å². The van der Waals surface area contributed by atoms with E-state index in [1.807, 2.05) is 23.2 Å². The number of nitrogens with zero attached hydrogens (tertiary/aromatic N) is 7. The topological polar surface area (TPSA) is 96.8 Å². The summed E-state index contributed by atoms with van der Waals surface area (Å²) < 4.78 is 66.9. The lowest BCUT2D eigenvalue weighted by Gasteiger charge is -2.58. The van der Waals surface area contributed by atoms with Gasteiger partial charge in [0.1, 0.15) is 30.0 Å². The van der Waals surface area contributed by atoms with E-state index in [0.717, 1.165) is 61.5 Å². The van der Waals surface area contributed by atoms with Crippen LogP contribution in [0.3, 0.4) is 0 Å². The molecule has 7 rings (SSSR count). The number of pyridine rings is 1. The normalized spacial score (nSPS) is 18.5. The number of rotatable bonds is 10. The van der Waals surface area contributed by atoms with Gasteiger partial charge in [-0.15, -0.1) is 10.2 Å². The van der Waals surface area contributed by atoms with Gasteiger partial charge in [-0.05, 0) is 75.0 Å². The summed E-state index contributed by atoms with van der Waals surface area (Å²) in [7, 11) is 0. The minimum absolute atomic E-state index is 0.0153. The molecule has 1 saturated carbocycles. The highest BCUT2D eigenvalue weighted by Gasteiger charge is 2.55. The Morgan fingerprint density at radius 2 is 1.83 bits per heavy atom. The Balaban J connectivity index is 1.02. The molecule has 2 aliphatic heterocycles. The van der Waals surface area contributed by atoms with E-state index in [1.165, 1.54) is 25.5 Å². The van der Waals surface area contributed by atoms with Crippen LogP contribution in [0.4, 0.5) is 23.4 Å². The Kier molecular flexibility index (Phi) is 9.72. The largest absolute Gasteiger partial charge is 0.490 e. The average molecular weight is 740 g/mol. The van der Waals surface area contributed by atoms with Crippen molar-refractivity contribution in [1.29, 1.82) is 0 Å². The first-order valence-corrected chi connectivity index (χ1v) is 17.6. The second kappa shape index (κ2) is 14.1. The van der Waals surface area contributed by atoms with Crippen molar-refractivity contribution in [1.82, 2.24) is 30.0 Å². The fraction of sp³-hybridized carbons (Fsp3) is 0.432. The van der Waals surface area contributed by atoms with Gasteiger partial charge in [0.05, 0.1) is 11.3 Å². The Bertz CT molecular complexity index is 1940. The van der Waals surface area contributed by atoms with Crippen LogP contribution in [0.25, 0.3) is 0 Å². The van der Waals surface area contributed by atoms with Crippen LogP contribution >= 0.6 is 11.6 Å². The van der Waals surface area contributed by atoms with E-state index in [9.17, 15) is 22.4 Å². The Morgan fingerprint density at radius 1 is 1.08 bits per heavy atom. The molecule has 2 aromatic carbocycles. The molecule has 10 nitrogen and oxygen atoms in total. The number of benzene rings is 2. The summed E-state index contributed by atoms with van der Waals surface area (Å²) >= 11 is 6.13. The van der Waals surface area contributed by atoms with Crippen LogP contribution < -0.4 is 14.4 Å². The summed E-state index contributed by atoms with van der Waals surface area (Å²) in [5, 5.41) is 7.69. The minimum Gasteiger partial charge on any atom is -0.490 e. The SMILES string of the molecule is CC1c2c(OC3CC4(C3)CN(c3nc(Cl)nnc3Oc3ccc(F)cc3C(=O)N(CC(F)(F)F)C(C)C)C4)ccnc2CCN1Cc1ccccc1. The number of carbonyl (C=O) groups excluding carboxylic acids is 1. The number of anilines is 1. The Labute approximate surface area is 303 Å². The van der Waals surface area contributed by atoms with Crippen LogP contribution in [0.2, 0.25) is 5.28 Å².